The smallest absolute Gasteiger partial charge is 0.234 e. The van der Waals surface area contributed by atoms with Gasteiger partial charge in [-0.15, -0.1) is 0 Å². The van der Waals surface area contributed by atoms with Crippen molar-refractivity contribution < 1.29 is 4.79 Å². The Hall–Kier alpha value is -2.07. The number of rotatable bonds is 3. The molecule has 0 fully saturated rings. The summed E-state index contributed by atoms with van der Waals surface area (Å²) in [5.41, 5.74) is 7.01. The molecule has 0 atom stereocenters. The highest BCUT2D eigenvalue weighted by atomic mass is 35.5. The molecule has 1 amide bonds. The van der Waals surface area contributed by atoms with Gasteiger partial charge in [-0.25, -0.2) is 0 Å². The summed E-state index contributed by atoms with van der Waals surface area (Å²) in [5.74, 6) is -0.155. The summed E-state index contributed by atoms with van der Waals surface area (Å²) >= 11 is 6.01. The second-order valence-corrected chi connectivity index (χ2v) is 5.46. The van der Waals surface area contributed by atoms with Crippen molar-refractivity contribution in [3.8, 4) is 0 Å². The first kappa shape index (κ1) is 14.3. The van der Waals surface area contributed by atoms with Gasteiger partial charge in [-0.05, 0) is 37.6 Å². The van der Waals surface area contributed by atoms with Crippen molar-refractivity contribution in [2.45, 2.75) is 19.3 Å². The van der Waals surface area contributed by atoms with E-state index < -0.39 is 5.41 Å². The van der Waals surface area contributed by atoms with Gasteiger partial charge in [-0.3, -0.25) is 9.78 Å². The number of nitrogens with zero attached hydrogens (tertiary/aromatic N) is 1. The molecule has 0 unspecified atom stereocenters. The van der Waals surface area contributed by atoms with Gasteiger partial charge in [-0.1, -0.05) is 23.7 Å². The number of amides is 1. The van der Waals surface area contributed by atoms with E-state index >= 15 is 0 Å². The average Bonchev–Trinajstić information content (AvgIpc) is 2.41. The zero-order chi connectivity index (χ0) is 14.8. The molecule has 0 saturated heterocycles. The molecule has 5 heteroatoms. The summed E-state index contributed by atoms with van der Waals surface area (Å²) in [4.78, 5) is 16.4. The van der Waals surface area contributed by atoms with E-state index in [9.17, 15) is 4.79 Å². The molecule has 2 aromatic rings. The third kappa shape index (κ3) is 2.91. The fraction of sp³-hybridized carbons (Fsp3) is 0.200. The van der Waals surface area contributed by atoms with Crippen LogP contribution in [0.4, 0.5) is 11.4 Å². The quantitative estimate of drug-likeness (QED) is 0.852. The van der Waals surface area contributed by atoms with Crippen molar-refractivity contribution in [3.63, 3.8) is 0 Å². The molecule has 104 valence electrons. The Morgan fingerprint density at radius 3 is 2.50 bits per heavy atom. The maximum atomic E-state index is 12.4. The SMILES string of the molecule is CC(C)(C(=O)Nc1cnccc1Cl)c1ccc(N)cc1. The van der Waals surface area contributed by atoms with Crippen LogP contribution >= 0.6 is 11.6 Å². The zero-order valence-electron chi connectivity index (χ0n) is 11.4. The fourth-order valence-corrected chi connectivity index (χ4v) is 1.93. The highest BCUT2D eigenvalue weighted by molar-refractivity contribution is 6.33. The van der Waals surface area contributed by atoms with Crippen molar-refractivity contribution in [1.82, 2.24) is 4.98 Å². The number of benzene rings is 1. The van der Waals surface area contributed by atoms with Gasteiger partial charge in [0.1, 0.15) is 0 Å². The van der Waals surface area contributed by atoms with E-state index in [1.807, 2.05) is 26.0 Å². The van der Waals surface area contributed by atoms with Gasteiger partial charge in [0.15, 0.2) is 0 Å². The van der Waals surface area contributed by atoms with Crippen LogP contribution in [0.1, 0.15) is 19.4 Å². The number of carbonyl (C=O) groups excluding carboxylic acids is 1. The summed E-state index contributed by atoms with van der Waals surface area (Å²) in [6, 6.07) is 8.88. The first-order valence-corrected chi connectivity index (χ1v) is 6.56. The van der Waals surface area contributed by atoms with E-state index in [4.69, 9.17) is 17.3 Å². The topological polar surface area (TPSA) is 68.0 Å². The fourth-order valence-electron chi connectivity index (χ4n) is 1.78. The van der Waals surface area contributed by atoms with E-state index in [-0.39, 0.29) is 5.91 Å². The van der Waals surface area contributed by atoms with Gasteiger partial charge in [0, 0.05) is 11.9 Å². The Morgan fingerprint density at radius 2 is 1.90 bits per heavy atom. The number of anilines is 2. The van der Waals surface area contributed by atoms with Crippen LogP contribution < -0.4 is 11.1 Å². The van der Waals surface area contributed by atoms with Crippen LogP contribution in [0.3, 0.4) is 0 Å². The highest BCUT2D eigenvalue weighted by Crippen LogP contribution is 2.27. The largest absolute Gasteiger partial charge is 0.399 e. The molecule has 1 heterocycles. The van der Waals surface area contributed by atoms with Crippen LogP contribution in [0.25, 0.3) is 0 Å². The van der Waals surface area contributed by atoms with Crippen molar-refractivity contribution >= 4 is 28.9 Å². The molecule has 0 radical (unpaired) electrons. The van der Waals surface area contributed by atoms with Crippen molar-refractivity contribution in [3.05, 3.63) is 53.3 Å². The number of aromatic nitrogens is 1. The standard InChI is InChI=1S/C15H16ClN3O/c1-15(2,10-3-5-11(17)6-4-10)14(20)19-13-9-18-8-7-12(13)16/h3-9H,17H2,1-2H3,(H,19,20). The summed E-state index contributed by atoms with van der Waals surface area (Å²) in [5, 5.41) is 3.26. The van der Waals surface area contributed by atoms with Gasteiger partial charge in [0.05, 0.1) is 22.3 Å². The highest BCUT2D eigenvalue weighted by Gasteiger charge is 2.30. The Balaban J connectivity index is 2.23. The lowest BCUT2D eigenvalue weighted by atomic mass is 9.83. The van der Waals surface area contributed by atoms with Crippen LogP contribution in [0, 0.1) is 0 Å². The van der Waals surface area contributed by atoms with Crippen LogP contribution in [0.15, 0.2) is 42.7 Å². The van der Waals surface area contributed by atoms with Crippen molar-refractivity contribution in [2.75, 3.05) is 11.1 Å². The third-order valence-electron chi connectivity index (χ3n) is 3.22. The first-order valence-electron chi connectivity index (χ1n) is 6.18. The number of nitrogens with one attached hydrogen (secondary N) is 1. The summed E-state index contributed by atoms with van der Waals surface area (Å²) in [7, 11) is 0. The molecule has 0 aliphatic rings. The molecule has 1 aromatic carbocycles. The third-order valence-corrected chi connectivity index (χ3v) is 3.55. The molecule has 20 heavy (non-hydrogen) atoms. The first-order chi connectivity index (χ1) is 9.41. The predicted octanol–water partition coefficient (Wildman–Crippen LogP) is 3.23. The van der Waals surface area contributed by atoms with E-state index in [0.29, 0.717) is 16.4 Å². The van der Waals surface area contributed by atoms with Gasteiger partial charge < -0.3 is 11.1 Å². The molecule has 1 aromatic heterocycles. The molecular formula is C15H16ClN3O. The summed E-state index contributed by atoms with van der Waals surface area (Å²) < 4.78 is 0. The number of nitrogen functional groups attached to an aromatic ring is 1. The number of hydrogen-bond acceptors (Lipinski definition) is 3. The lowest BCUT2D eigenvalue weighted by Gasteiger charge is -2.24. The lowest BCUT2D eigenvalue weighted by Crippen LogP contribution is -2.34. The second kappa shape index (κ2) is 5.51. The maximum Gasteiger partial charge on any atom is 0.234 e. The van der Waals surface area contributed by atoms with Crippen LogP contribution in [-0.4, -0.2) is 10.9 Å². The minimum atomic E-state index is -0.702. The van der Waals surface area contributed by atoms with Crippen LogP contribution in [0.5, 0.6) is 0 Å². The summed E-state index contributed by atoms with van der Waals surface area (Å²) in [6.07, 6.45) is 3.10. The normalized spacial score (nSPS) is 11.2. The van der Waals surface area contributed by atoms with Gasteiger partial charge in [0.2, 0.25) is 5.91 Å². The number of pyridine rings is 1. The van der Waals surface area contributed by atoms with E-state index in [0.717, 1.165) is 5.56 Å². The molecule has 3 N–H and O–H groups in total. The Labute approximate surface area is 123 Å². The maximum absolute atomic E-state index is 12.4. The monoisotopic (exact) mass is 289 g/mol. The number of carbonyl (C=O) groups is 1. The van der Waals surface area contributed by atoms with E-state index in [1.54, 1.807) is 24.4 Å². The molecule has 0 spiro atoms. The Kier molecular flexibility index (Phi) is 3.95. The number of nitrogens with two attached hydrogens (primary N) is 1. The zero-order valence-corrected chi connectivity index (χ0v) is 12.1. The van der Waals surface area contributed by atoms with Crippen LogP contribution in [-0.2, 0) is 10.2 Å². The molecule has 0 aliphatic carbocycles. The molecule has 0 aliphatic heterocycles. The van der Waals surface area contributed by atoms with Gasteiger partial charge in [0.25, 0.3) is 0 Å². The van der Waals surface area contributed by atoms with E-state index in [2.05, 4.69) is 10.3 Å². The average molecular weight is 290 g/mol. The van der Waals surface area contributed by atoms with Crippen molar-refractivity contribution in [1.29, 1.82) is 0 Å². The van der Waals surface area contributed by atoms with Crippen molar-refractivity contribution in [2.24, 2.45) is 0 Å². The molecular weight excluding hydrogens is 274 g/mol. The van der Waals surface area contributed by atoms with E-state index in [1.165, 1.54) is 6.20 Å². The predicted molar refractivity (Wildman–Crippen MR) is 81.8 cm³/mol. The summed E-state index contributed by atoms with van der Waals surface area (Å²) in [6.45, 7) is 3.69. The minimum Gasteiger partial charge on any atom is -0.399 e. The minimum absolute atomic E-state index is 0.155. The molecule has 2 rings (SSSR count). The molecule has 4 nitrogen and oxygen atoms in total. The molecule has 0 saturated carbocycles. The van der Waals surface area contributed by atoms with Crippen LogP contribution in [0.2, 0.25) is 5.02 Å². The van der Waals surface area contributed by atoms with Gasteiger partial charge in [-0.2, -0.15) is 0 Å². The second-order valence-electron chi connectivity index (χ2n) is 5.06. The lowest BCUT2D eigenvalue weighted by molar-refractivity contribution is -0.120. The number of hydrogen-bond donors (Lipinski definition) is 2. The molecule has 0 bridgehead atoms. The van der Waals surface area contributed by atoms with Gasteiger partial charge >= 0.3 is 0 Å². The number of halogens is 1. The Morgan fingerprint density at radius 1 is 1.25 bits per heavy atom. The Bertz CT molecular complexity index is 623.